The number of halogens is 2. The molecular formula is C25H22F2N4O3. The summed E-state index contributed by atoms with van der Waals surface area (Å²) in [6.07, 6.45) is 3.12. The number of amides is 2. The zero-order valence-electron chi connectivity index (χ0n) is 18.3. The van der Waals surface area contributed by atoms with E-state index >= 15 is 0 Å². The van der Waals surface area contributed by atoms with Gasteiger partial charge in [0, 0.05) is 29.8 Å². The van der Waals surface area contributed by atoms with Gasteiger partial charge in [-0.15, -0.1) is 0 Å². The van der Waals surface area contributed by atoms with Crippen LogP contribution in [0.4, 0.5) is 25.0 Å². The highest BCUT2D eigenvalue weighted by atomic mass is 19.1. The van der Waals surface area contributed by atoms with Crippen LogP contribution in [0.2, 0.25) is 0 Å². The molecule has 0 aliphatic rings. The number of nitrogens with zero attached hydrogens (tertiary/aromatic N) is 2. The summed E-state index contributed by atoms with van der Waals surface area (Å²) in [5.41, 5.74) is 0.504. The van der Waals surface area contributed by atoms with Crippen LogP contribution in [0.15, 0.2) is 65.6 Å². The highest BCUT2D eigenvalue weighted by Gasteiger charge is 2.21. The Kier molecular flexibility index (Phi) is 6.53. The minimum atomic E-state index is -0.952. The van der Waals surface area contributed by atoms with Crippen molar-refractivity contribution in [3.8, 4) is 16.9 Å². The number of carbonyl (C=O) groups excluding carboxylic acids is 1. The number of aromatic nitrogens is 2. The number of phenols is 1. The van der Waals surface area contributed by atoms with Gasteiger partial charge >= 0.3 is 6.03 Å². The first-order chi connectivity index (χ1) is 16.4. The van der Waals surface area contributed by atoms with Gasteiger partial charge < -0.3 is 15.7 Å². The van der Waals surface area contributed by atoms with E-state index in [0.717, 1.165) is 18.6 Å². The number of hydrogen-bond donors (Lipinski definition) is 3. The number of rotatable bonds is 6. The molecule has 3 N–H and O–H groups in total. The average Bonchev–Trinajstić information content (AvgIpc) is 2.81. The summed E-state index contributed by atoms with van der Waals surface area (Å²) in [7, 11) is 0. The van der Waals surface area contributed by atoms with Crippen LogP contribution in [-0.2, 0) is 6.54 Å². The smallest absolute Gasteiger partial charge is 0.323 e. The van der Waals surface area contributed by atoms with Crippen LogP contribution in [0.3, 0.4) is 0 Å². The van der Waals surface area contributed by atoms with Crippen molar-refractivity contribution in [2.75, 3.05) is 10.6 Å². The van der Waals surface area contributed by atoms with Gasteiger partial charge in [0.05, 0.1) is 5.69 Å². The Morgan fingerprint density at radius 3 is 2.65 bits per heavy atom. The van der Waals surface area contributed by atoms with Crippen molar-refractivity contribution in [1.82, 2.24) is 9.55 Å². The highest BCUT2D eigenvalue weighted by molar-refractivity contribution is 6.07. The number of unbranched alkanes of at least 4 members (excludes halogenated alkanes) is 1. The normalized spacial score (nSPS) is 10.9. The lowest BCUT2D eigenvalue weighted by Crippen LogP contribution is -2.30. The second kappa shape index (κ2) is 9.70. The van der Waals surface area contributed by atoms with Crippen molar-refractivity contribution >= 4 is 28.4 Å². The van der Waals surface area contributed by atoms with E-state index in [2.05, 4.69) is 15.6 Å². The zero-order chi connectivity index (χ0) is 24.2. The van der Waals surface area contributed by atoms with Crippen LogP contribution >= 0.6 is 0 Å². The van der Waals surface area contributed by atoms with Gasteiger partial charge in [-0.05, 0) is 48.4 Å². The molecule has 0 saturated carbocycles. The van der Waals surface area contributed by atoms with Crippen molar-refractivity contribution in [3.63, 3.8) is 0 Å². The van der Waals surface area contributed by atoms with Crippen LogP contribution in [0.5, 0.6) is 5.75 Å². The zero-order valence-corrected chi connectivity index (χ0v) is 18.3. The summed E-state index contributed by atoms with van der Waals surface area (Å²) >= 11 is 0. The fourth-order valence-corrected chi connectivity index (χ4v) is 3.74. The van der Waals surface area contributed by atoms with Crippen LogP contribution in [0.25, 0.3) is 22.2 Å². The van der Waals surface area contributed by atoms with Crippen molar-refractivity contribution in [3.05, 3.63) is 82.8 Å². The number of urea groups is 1. The first kappa shape index (κ1) is 22.9. The Balaban J connectivity index is 1.88. The van der Waals surface area contributed by atoms with E-state index in [0.29, 0.717) is 41.2 Å². The van der Waals surface area contributed by atoms with Gasteiger partial charge in [-0.1, -0.05) is 25.5 Å². The summed E-state index contributed by atoms with van der Waals surface area (Å²) in [4.78, 5) is 30.7. The number of fused-ring (bicyclic) bond motifs is 1. The van der Waals surface area contributed by atoms with Gasteiger partial charge in [0.15, 0.2) is 0 Å². The monoisotopic (exact) mass is 464 g/mol. The minimum absolute atomic E-state index is 0.0199. The lowest BCUT2D eigenvalue weighted by Gasteiger charge is -2.18. The third-order valence-electron chi connectivity index (χ3n) is 5.31. The number of anilines is 2. The lowest BCUT2D eigenvalue weighted by molar-refractivity contribution is 0.262. The van der Waals surface area contributed by atoms with Gasteiger partial charge in [0.1, 0.15) is 28.7 Å². The van der Waals surface area contributed by atoms with E-state index in [1.54, 1.807) is 30.5 Å². The largest absolute Gasteiger partial charge is 0.508 e. The number of carbonyl (C=O) groups is 1. The third kappa shape index (κ3) is 4.59. The SMILES string of the molecule is CCCCn1c(=O)c(NC(=O)Nc2ccc(F)cc2F)c(-c2cccc(O)c2)c2cccnc21. The Bertz CT molecular complexity index is 1440. The fourth-order valence-electron chi connectivity index (χ4n) is 3.74. The van der Waals surface area contributed by atoms with Crippen LogP contribution in [0.1, 0.15) is 19.8 Å². The number of hydrogen-bond acceptors (Lipinski definition) is 4. The molecule has 34 heavy (non-hydrogen) atoms. The van der Waals surface area contributed by atoms with E-state index in [4.69, 9.17) is 0 Å². The molecule has 0 spiro atoms. The molecule has 0 saturated heterocycles. The number of phenolic OH excluding ortho intramolecular Hbond substituents is 1. The van der Waals surface area contributed by atoms with Crippen LogP contribution in [0, 0.1) is 11.6 Å². The summed E-state index contributed by atoms with van der Waals surface area (Å²) in [6.45, 7) is 2.37. The number of nitrogens with one attached hydrogen (secondary N) is 2. The number of benzene rings is 2. The number of aromatic hydroxyl groups is 1. The third-order valence-corrected chi connectivity index (χ3v) is 5.31. The molecule has 4 rings (SSSR count). The van der Waals surface area contributed by atoms with Gasteiger partial charge in [0.25, 0.3) is 5.56 Å². The molecule has 0 aliphatic heterocycles. The summed E-state index contributed by atoms with van der Waals surface area (Å²) in [6, 6.07) is 11.6. The molecule has 174 valence electrons. The maximum absolute atomic E-state index is 14.0. The molecule has 2 amide bonds. The molecule has 2 heterocycles. The molecule has 0 atom stereocenters. The summed E-state index contributed by atoms with van der Waals surface area (Å²) in [5, 5.41) is 15.5. The quantitative estimate of drug-likeness (QED) is 0.352. The van der Waals surface area contributed by atoms with E-state index < -0.39 is 23.2 Å². The molecule has 9 heteroatoms. The molecule has 2 aromatic heterocycles. The molecular weight excluding hydrogens is 442 g/mol. The second-order valence-electron chi connectivity index (χ2n) is 7.69. The molecule has 0 aliphatic carbocycles. The first-order valence-electron chi connectivity index (χ1n) is 10.7. The van der Waals surface area contributed by atoms with E-state index in [9.17, 15) is 23.5 Å². The Morgan fingerprint density at radius 1 is 1.09 bits per heavy atom. The minimum Gasteiger partial charge on any atom is -0.508 e. The Hall–Kier alpha value is -4.27. The highest BCUT2D eigenvalue weighted by Crippen LogP contribution is 2.34. The van der Waals surface area contributed by atoms with Gasteiger partial charge in [-0.3, -0.25) is 9.36 Å². The van der Waals surface area contributed by atoms with Crippen molar-refractivity contribution in [2.24, 2.45) is 0 Å². The summed E-state index contributed by atoms with van der Waals surface area (Å²) < 4.78 is 28.7. The van der Waals surface area contributed by atoms with Crippen molar-refractivity contribution < 1.29 is 18.7 Å². The molecule has 0 bridgehead atoms. The first-order valence-corrected chi connectivity index (χ1v) is 10.7. The molecule has 2 aromatic carbocycles. The number of pyridine rings is 2. The van der Waals surface area contributed by atoms with E-state index in [1.165, 1.54) is 16.7 Å². The van der Waals surface area contributed by atoms with Crippen LogP contribution in [-0.4, -0.2) is 20.7 Å². The Labute approximate surface area is 193 Å². The standard InChI is InChI=1S/C25H22F2N4O3/c1-2-3-12-31-23-18(8-5-11-28-23)21(15-6-4-7-17(32)13-15)22(24(31)33)30-25(34)29-20-10-9-16(26)14-19(20)27/h4-11,13-14,32H,2-3,12H2,1H3,(H2,29,30,34). The fraction of sp³-hybridized carbons (Fsp3) is 0.160. The predicted molar refractivity (Wildman–Crippen MR) is 127 cm³/mol. The van der Waals surface area contributed by atoms with Gasteiger partial charge in [-0.2, -0.15) is 0 Å². The molecule has 0 fully saturated rings. The van der Waals surface area contributed by atoms with Crippen molar-refractivity contribution in [2.45, 2.75) is 26.3 Å². The van der Waals surface area contributed by atoms with E-state index in [1.807, 2.05) is 6.92 Å². The van der Waals surface area contributed by atoms with E-state index in [-0.39, 0.29) is 17.1 Å². The maximum atomic E-state index is 14.0. The predicted octanol–water partition coefficient (Wildman–Crippen LogP) is 5.49. The molecule has 4 aromatic rings. The number of aryl methyl sites for hydroxylation is 1. The lowest BCUT2D eigenvalue weighted by atomic mass is 10.00. The molecule has 0 unspecified atom stereocenters. The Morgan fingerprint density at radius 2 is 1.91 bits per heavy atom. The molecule has 7 nitrogen and oxygen atoms in total. The summed E-state index contributed by atoms with van der Waals surface area (Å²) in [5.74, 6) is -1.75. The average molecular weight is 464 g/mol. The maximum Gasteiger partial charge on any atom is 0.323 e. The topological polar surface area (TPSA) is 96.2 Å². The van der Waals surface area contributed by atoms with Crippen LogP contribution < -0.4 is 16.2 Å². The van der Waals surface area contributed by atoms with Crippen molar-refractivity contribution in [1.29, 1.82) is 0 Å². The second-order valence-corrected chi connectivity index (χ2v) is 7.69. The molecule has 0 radical (unpaired) electrons. The van der Waals surface area contributed by atoms with Gasteiger partial charge in [-0.25, -0.2) is 18.6 Å². The van der Waals surface area contributed by atoms with Gasteiger partial charge in [0.2, 0.25) is 0 Å².